The highest BCUT2D eigenvalue weighted by Gasteiger charge is 2.11. The summed E-state index contributed by atoms with van der Waals surface area (Å²) in [6.07, 6.45) is 0. The molecule has 0 aliphatic heterocycles. The monoisotopic (exact) mass is 315 g/mol. The van der Waals surface area contributed by atoms with Crippen LogP contribution >= 0.6 is 11.3 Å². The molecule has 3 aromatic rings. The third-order valence-electron chi connectivity index (χ3n) is 3.24. The molecule has 114 valence electrons. The van der Waals surface area contributed by atoms with Crippen LogP contribution in [0.1, 0.15) is 11.5 Å². The van der Waals surface area contributed by atoms with Crippen LogP contribution in [0.5, 0.6) is 5.75 Å². The van der Waals surface area contributed by atoms with E-state index in [1.807, 2.05) is 42.1 Å². The molecule has 2 aromatic heterocycles. The van der Waals surface area contributed by atoms with Crippen LogP contribution in [-0.2, 0) is 13.1 Å². The van der Waals surface area contributed by atoms with Gasteiger partial charge in [0.1, 0.15) is 5.75 Å². The van der Waals surface area contributed by atoms with Crippen molar-refractivity contribution in [3.05, 3.63) is 52.5 Å². The van der Waals surface area contributed by atoms with Crippen molar-refractivity contribution in [2.24, 2.45) is 0 Å². The van der Waals surface area contributed by atoms with Gasteiger partial charge >= 0.3 is 0 Å². The maximum atomic E-state index is 5.32. The van der Waals surface area contributed by atoms with Crippen molar-refractivity contribution in [1.29, 1.82) is 0 Å². The summed E-state index contributed by atoms with van der Waals surface area (Å²) in [6.45, 7) is 1.39. The van der Waals surface area contributed by atoms with E-state index < -0.39 is 0 Å². The topological polar surface area (TPSA) is 51.4 Å². The molecule has 0 fully saturated rings. The lowest BCUT2D eigenvalue weighted by molar-refractivity contribution is 0.260. The van der Waals surface area contributed by atoms with Crippen molar-refractivity contribution < 1.29 is 9.26 Å². The molecule has 2 heterocycles. The average Bonchev–Trinajstić information content (AvgIpc) is 3.18. The van der Waals surface area contributed by atoms with Crippen LogP contribution in [0.3, 0.4) is 0 Å². The fourth-order valence-electron chi connectivity index (χ4n) is 2.20. The normalized spacial score (nSPS) is 11.0. The first kappa shape index (κ1) is 14.7. The number of hydrogen-bond acceptors (Lipinski definition) is 6. The van der Waals surface area contributed by atoms with Gasteiger partial charge in [-0.3, -0.25) is 4.90 Å². The zero-order valence-electron chi connectivity index (χ0n) is 12.5. The van der Waals surface area contributed by atoms with Gasteiger partial charge < -0.3 is 9.26 Å². The minimum absolute atomic E-state index is 0.606. The molecule has 5 nitrogen and oxygen atoms in total. The highest BCUT2D eigenvalue weighted by molar-refractivity contribution is 7.08. The highest BCUT2D eigenvalue weighted by Crippen LogP contribution is 2.19. The summed E-state index contributed by atoms with van der Waals surface area (Å²) in [5, 5.41) is 8.03. The molecule has 0 saturated carbocycles. The second-order valence-corrected chi connectivity index (χ2v) is 5.83. The number of aromatic nitrogens is 2. The third-order valence-corrected chi connectivity index (χ3v) is 3.92. The van der Waals surface area contributed by atoms with Gasteiger partial charge in [-0.1, -0.05) is 17.3 Å². The molecule has 0 saturated heterocycles. The molecule has 3 rings (SSSR count). The maximum Gasteiger partial charge on any atom is 0.241 e. The molecule has 0 aliphatic rings. The van der Waals surface area contributed by atoms with Crippen LogP contribution in [0.2, 0.25) is 0 Å². The van der Waals surface area contributed by atoms with E-state index >= 15 is 0 Å². The molecule has 1 aromatic carbocycles. The van der Waals surface area contributed by atoms with Crippen molar-refractivity contribution in [3.8, 4) is 17.1 Å². The predicted octanol–water partition coefficient (Wildman–Crippen LogP) is 3.44. The van der Waals surface area contributed by atoms with E-state index in [1.54, 1.807) is 18.4 Å². The van der Waals surface area contributed by atoms with Gasteiger partial charge in [-0.05, 0) is 36.2 Å². The van der Waals surface area contributed by atoms with Gasteiger partial charge in [0, 0.05) is 17.5 Å². The number of methoxy groups -OCH3 is 1. The van der Waals surface area contributed by atoms with E-state index in [-0.39, 0.29) is 0 Å². The SMILES string of the molecule is COc1cccc(CN(C)Cc2nc(-c3ccsc3)no2)c1. The first-order valence-electron chi connectivity index (χ1n) is 6.91. The Morgan fingerprint density at radius 2 is 2.18 bits per heavy atom. The van der Waals surface area contributed by atoms with Crippen LogP contribution in [0.15, 0.2) is 45.6 Å². The molecule has 0 bridgehead atoms. The van der Waals surface area contributed by atoms with E-state index in [0.717, 1.165) is 17.9 Å². The van der Waals surface area contributed by atoms with E-state index in [2.05, 4.69) is 21.1 Å². The van der Waals surface area contributed by atoms with E-state index in [4.69, 9.17) is 9.26 Å². The van der Waals surface area contributed by atoms with Crippen molar-refractivity contribution in [2.45, 2.75) is 13.1 Å². The van der Waals surface area contributed by atoms with Gasteiger partial charge in [0.25, 0.3) is 0 Å². The van der Waals surface area contributed by atoms with Gasteiger partial charge in [-0.2, -0.15) is 16.3 Å². The van der Waals surface area contributed by atoms with Crippen molar-refractivity contribution in [1.82, 2.24) is 15.0 Å². The second-order valence-electron chi connectivity index (χ2n) is 5.05. The molecule has 0 unspecified atom stereocenters. The molecule has 0 radical (unpaired) electrons. The zero-order valence-corrected chi connectivity index (χ0v) is 13.3. The summed E-state index contributed by atoms with van der Waals surface area (Å²) in [6, 6.07) is 10.0. The smallest absolute Gasteiger partial charge is 0.241 e. The van der Waals surface area contributed by atoms with Crippen LogP contribution in [0, 0.1) is 0 Å². The number of hydrogen-bond donors (Lipinski definition) is 0. The minimum atomic E-state index is 0.606. The van der Waals surface area contributed by atoms with Crippen LogP contribution in [0.25, 0.3) is 11.4 Å². The third kappa shape index (κ3) is 3.52. The Morgan fingerprint density at radius 3 is 2.95 bits per heavy atom. The lowest BCUT2D eigenvalue weighted by Crippen LogP contribution is -2.17. The average molecular weight is 315 g/mol. The number of nitrogens with zero attached hydrogens (tertiary/aromatic N) is 3. The van der Waals surface area contributed by atoms with E-state index in [0.29, 0.717) is 18.3 Å². The molecule has 22 heavy (non-hydrogen) atoms. The molecular formula is C16H17N3O2S. The number of rotatable bonds is 6. The Hall–Kier alpha value is -2.18. The second kappa shape index (κ2) is 6.72. The Labute approximate surface area is 133 Å². The summed E-state index contributed by atoms with van der Waals surface area (Å²) in [7, 11) is 3.70. The van der Waals surface area contributed by atoms with Crippen molar-refractivity contribution >= 4 is 11.3 Å². The molecule has 0 amide bonds. The first-order valence-corrected chi connectivity index (χ1v) is 7.85. The summed E-state index contributed by atoms with van der Waals surface area (Å²) in [5.74, 6) is 2.13. The molecule has 0 spiro atoms. The quantitative estimate of drug-likeness (QED) is 0.697. The van der Waals surface area contributed by atoms with Crippen LogP contribution in [0.4, 0.5) is 0 Å². The first-order chi connectivity index (χ1) is 10.7. The fraction of sp³-hybridized carbons (Fsp3) is 0.250. The Morgan fingerprint density at radius 1 is 1.27 bits per heavy atom. The summed E-state index contributed by atoms with van der Waals surface area (Å²) in [4.78, 5) is 6.56. The Balaban J connectivity index is 1.63. The van der Waals surface area contributed by atoms with Gasteiger partial charge in [-0.25, -0.2) is 0 Å². The summed E-state index contributed by atoms with van der Waals surface area (Å²) in [5.41, 5.74) is 2.18. The molecule has 0 N–H and O–H groups in total. The lowest BCUT2D eigenvalue weighted by Gasteiger charge is -2.14. The molecule has 6 heteroatoms. The summed E-state index contributed by atoms with van der Waals surface area (Å²) >= 11 is 1.62. The van der Waals surface area contributed by atoms with Gasteiger partial charge in [0.15, 0.2) is 0 Å². The lowest BCUT2D eigenvalue weighted by atomic mass is 10.2. The maximum absolute atomic E-state index is 5.32. The molecule has 0 aliphatic carbocycles. The Bertz CT molecular complexity index is 725. The predicted molar refractivity (Wildman–Crippen MR) is 85.8 cm³/mol. The number of thiophene rings is 1. The Kier molecular flexibility index (Phi) is 4.50. The highest BCUT2D eigenvalue weighted by atomic mass is 32.1. The zero-order chi connectivity index (χ0) is 15.4. The largest absolute Gasteiger partial charge is 0.497 e. The van der Waals surface area contributed by atoms with Crippen molar-refractivity contribution in [2.75, 3.05) is 14.2 Å². The molecule has 0 atom stereocenters. The minimum Gasteiger partial charge on any atom is -0.497 e. The molecular weight excluding hydrogens is 298 g/mol. The van der Waals surface area contributed by atoms with Crippen LogP contribution in [-0.4, -0.2) is 29.2 Å². The van der Waals surface area contributed by atoms with E-state index in [1.165, 1.54) is 5.56 Å². The number of ether oxygens (including phenoxy) is 1. The van der Waals surface area contributed by atoms with Gasteiger partial charge in [0.2, 0.25) is 11.7 Å². The van der Waals surface area contributed by atoms with E-state index in [9.17, 15) is 0 Å². The van der Waals surface area contributed by atoms with Gasteiger partial charge in [-0.15, -0.1) is 0 Å². The van der Waals surface area contributed by atoms with Gasteiger partial charge in [0.05, 0.1) is 13.7 Å². The fourth-order valence-corrected chi connectivity index (χ4v) is 2.83. The standard InChI is InChI=1S/C16H17N3O2S/c1-19(9-12-4-3-5-14(8-12)20-2)10-15-17-16(18-21-15)13-6-7-22-11-13/h3-8,11H,9-10H2,1-2H3. The summed E-state index contributed by atoms with van der Waals surface area (Å²) < 4.78 is 10.6. The number of benzene rings is 1. The van der Waals surface area contributed by atoms with Crippen molar-refractivity contribution in [3.63, 3.8) is 0 Å². The van der Waals surface area contributed by atoms with Crippen LogP contribution < -0.4 is 4.74 Å².